The summed E-state index contributed by atoms with van der Waals surface area (Å²) in [6.07, 6.45) is 1.37. The molecule has 1 amide bonds. The lowest BCUT2D eigenvalue weighted by molar-refractivity contribution is 0.100. The summed E-state index contributed by atoms with van der Waals surface area (Å²) >= 11 is 0. The van der Waals surface area contributed by atoms with Crippen LogP contribution in [-0.2, 0) is 0 Å². The number of primary amides is 1. The van der Waals surface area contributed by atoms with Gasteiger partial charge in [-0.15, -0.1) is 0 Å². The zero-order valence-corrected chi connectivity index (χ0v) is 7.46. The van der Waals surface area contributed by atoms with Crippen molar-refractivity contribution in [2.45, 2.75) is 0 Å². The van der Waals surface area contributed by atoms with Crippen molar-refractivity contribution in [3.05, 3.63) is 17.8 Å². The minimum absolute atomic E-state index is 0.0806. The van der Waals surface area contributed by atoms with Crippen LogP contribution in [-0.4, -0.2) is 24.1 Å². The number of carbonyl (C=O) groups is 1. The molecular weight excluding hydrogens is 187 g/mol. The van der Waals surface area contributed by atoms with Gasteiger partial charge in [0.25, 0.3) is 5.91 Å². The van der Waals surface area contributed by atoms with Crippen molar-refractivity contribution in [2.75, 3.05) is 24.3 Å². The van der Waals surface area contributed by atoms with Crippen molar-refractivity contribution in [3.8, 4) is 0 Å². The lowest BCUT2D eigenvalue weighted by Crippen LogP contribution is -2.17. The smallest absolute Gasteiger partial charge is 0.252 e. The fraction of sp³-hybridized carbons (Fsp3) is 0.250. The minimum atomic E-state index is -0.647. The molecule has 1 aromatic rings. The van der Waals surface area contributed by atoms with Gasteiger partial charge in [0.2, 0.25) is 0 Å². The molecule has 0 aromatic carbocycles. The molecule has 6 heteroatoms. The van der Waals surface area contributed by atoms with E-state index in [4.69, 9.17) is 11.5 Å². The van der Waals surface area contributed by atoms with E-state index in [-0.39, 0.29) is 17.9 Å². The molecule has 0 aliphatic rings. The van der Waals surface area contributed by atoms with Crippen LogP contribution >= 0.6 is 0 Å². The lowest BCUT2D eigenvalue weighted by atomic mass is 10.2. The number of nitrogens with zero attached hydrogens (tertiary/aromatic N) is 1. The summed E-state index contributed by atoms with van der Waals surface area (Å²) in [6.45, 7) is -0.471. The predicted molar refractivity (Wildman–Crippen MR) is 51.6 cm³/mol. The monoisotopic (exact) mass is 198 g/mol. The third kappa shape index (κ3) is 2.32. The summed E-state index contributed by atoms with van der Waals surface area (Å²) in [4.78, 5) is 14.8. The molecule has 5 N–H and O–H groups in total. The van der Waals surface area contributed by atoms with Crippen LogP contribution in [0.1, 0.15) is 10.4 Å². The summed E-state index contributed by atoms with van der Waals surface area (Å²) in [5.41, 5.74) is 11.0. The number of halogens is 1. The standard InChI is InChI=1S/C8H11FN4O/c9-1-2-12-8-6(7(11)14)3-5(10)4-13-8/h3-4H,1-2,10H2,(H2,11,14)(H,12,13). The summed E-state index contributed by atoms with van der Waals surface area (Å²) in [5, 5.41) is 2.63. The summed E-state index contributed by atoms with van der Waals surface area (Å²) < 4.78 is 11.9. The Labute approximate surface area is 80.3 Å². The van der Waals surface area contributed by atoms with Gasteiger partial charge in [0.05, 0.1) is 17.4 Å². The molecule has 76 valence electrons. The summed E-state index contributed by atoms with van der Waals surface area (Å²) in [5.74, 6) is -0.393. The Morgan fingerprint density at radius 2 is 2.36 bits per heavy atom. The van der Waals surface area contributed by atoms with E-state index in [2.05, 4.69) is 10.3 Å². The van der Waals surface area contributed by atoms with Crippen LogP contribution in [0.15, 0.2) is 12.3 Å². The number of anilines is 2. The average Bonchev–Trinajstić information content (AvgIpc) is 2.15. The lowest BCUT2D eigenvalue weighted by Gasteiger charge is -2.07. The van der Waals surface area contributed by atoms with Crippen LogP contribution in [0.25, 0.3) is 0 Å². The van der Waals surface area contributed by atoms with Gasteiger partial charge in [-0.2, -0.15) is 0 Å². The number of amides is 1. The normalized spacial score (nSPS) is 9.79. The van der Waals surface area contributed by atoms with Gasteiger partial charge in [-0.1, -0.05) is 0 Å². The Kier molecular flexibility index (Phi) is 3.22. The van der Waals surface area contributed by atoms with Crippen LogP contribution in [0, 0.1) is 0 Å². The molecule has 0 saturated heterocycles. The molecule has 5 nitrogen and oxygen atoms in total. The van der Waals surface area contributed by atoms with Crippen molar-refractivity contribution in [2.24, 2.45) is 5.73 Å². The molecule has 14 heavy (non-hydrogen) atoms. The van der Waals surface area contributed by atoms with Gasteiger partial charge in [0.1, 0.15) is 12.5 Å². The average molecular weight is 198 g/mol. The molecule has 0 unspecified atom stereocenters. The van der Waals surface area contributed by atoms with E-state index in [9.17, 15) is 9.18 Å². The van der Waals surface area contributed by atoms with Crippen molar-refractivity contribution >= 4 is 17.4 Å². The van der Waals surface area contributed by atoms with Crippen LogP contribution in [0.4, 0.5) is 15.9 Å². The molecule has 1 aromatic heterocycles. The number of pyridine rings is 1. The number of nitrogens with one attached hydrogen (secondary N) is 1. The van der Waals surface area contributed by atoms with Crippen LogP contribution in [0.2, 0.25) is 0 Å². The predicted octanol–water partition coefficient (Wildman–Crippen LogP) is 0.144. The molecule has 0 aliphatic carbocycles. The maximum Gasteiger partial charge on any atom is 0.252 e. The van der Waals surface area contributed by atoms with Gasteiger partial charge in [0.15, 0.2) is 0 Å². The fourth-order valence-corrected chi connectivity index (χ4v) is 0.975. The first-order valence-corrected chi connectivity index (χ1v) is 4.00. The highest BCUT2D eigenvalue weighted by Crippen LogP contribution is 2.14. The zero-order chi connectivity index (χ0) is 10.6. The summed E-state index contributed by atoms with van der Waals surface area (Å²) in [6, 6.07) is 1.40. The van der Waals surface area contributed by atoms with Gasteiger partial charge >= 0.3 is 0 Å². The van der Waals surface area contributed by atoms with Gasteiger partial charge in [-0.3, -0.25) is 4.79 Å². The quantitative estimate of drug-likeness (QED) is 0.641. The first-order valence-electron chi connectivity index (χ1n) is 4.00. The summed E-state index contributed by atoms with van der Waals surface area (Å²) in [7, 11) is 0. The third-order valence-electron chi connectivity index (χ3n) is 1.56. The number of alkyl halides is 1. The Hall–Kier alpha value is -1.85. The molecule has 0 bridgehead atoms. The number of carbonyl (C=O) groups excluding carboxylic acids is 1. The van der Waals surface area contributed by atoms with E-state index < -0.39 is 12.6 Å². The molecule has 0 saturated carbocycles. The van der Waals surface area contributed by atoms with Crippen molar-refractivity contribution < 1.29 is 9.18 Å². The van der Waals surface area contributed by atoms with E-state index in [1.54, 1.807) is 0 Å². The Bertz CT molecular complexity index is 342. The fourth-order valence-electron chi connectivity index (χ4n) is 0.975. The Balaban J connectivity index is 2.96. The van der Waals surface area contributed by atoms with E-state index in [0.29, 0.717) is 5.69 Å². The van der Waals surface area contributed by atoms with Crippen molar-refractivity contribution in [3.63, 3.8) is 0 Å². The maximum atomic E-state index is 11.9. The highest BCUT2D eigenvalue weighted by Gasteiger charge is 2.09. The number of hydrogen-bond donors (Lipinski definition) is 3. The Morgan fingerprint density at radius 1 is 1.64 bits per heavy atom. The maximum absolute atomic E-state index is 11.9. The SMILES string of the molecule is NC(=O)c1cc(N)cnc1NCCF. The first kappa shape index (κ1) is 10.2. The second-order valence-corrected chi connectivity index (χ2v) is 2.64. The largest absolute Gasteiger partial charge is 0.397 e. The van der Waals surface area contributed by atoms with Gasteiger partial charge in [0, 0.05) is 6.54 Å². The number of aromatic nitrogens is 1. The molecule has 1 heterocycles. The molecule has 0 fully saturated rings. The molecule has 0 spiro atoms. The molecule has 0 atom stereocenters. The van der Waals surface area contributed by atoms with Gasteiger partial charge in [-0.25, -0.2) is 9.37 Å². The number of nitrogen functional groups attached to an aromatic ring is 1. The van der Waals surface area contributed by atoms with Crippen LogP contribution in [0.3, 0.4) is 0 Å². The highest BCUT2D eigenvalue weighted by molar-refractivity contribution is 5.98. The molecular formula is C8H11FN4O. The molecule has 0 aliphatic heterocycles. The molecule has 0 radical (unpaired) electrons. The highest BCUT2D eigenvalue weighted by atomic mass is 19.1. The third-order valence-corrected chi connectivity index (χ3v) is 1.56. The van der Waals surface area contributed by atoms with Gasteiger partial charge < -0.3 is 16.8 Å². The van der Waals surface area contributed by atoms with E-state index in [1.807, 2.05) is 0 Å². The number of nitrogens with two attached hydrogens (primary N) is 2. The minimum Gasteiger partial charge on any atom is -0.397 e. The van der Waals surface area contributed by atoms with E-state index in [1.165, 1.54) is 12.3 Å². The second-order valence-electron chi connectivity index (χ2n) is 2.64. The Morgan fingerprint density at radius 3 is 2.93 bits per heavy atom. The second kappa shape index (κ2) is 4.40. The van der Waals surface area contributed by atoms with Crippen molar-refractivity contribution in [1.29, 1.82) is 0 Å². The molecule has 1 rings (SSSR count). The topological polar surface area (TPSA) is 94.0 Å². The number of hydrogen-bond acceptors (Lipinski definition) is 4. The van der Waals surface area contributed by atoms with E-state index >= 15 is 0 Å². The number of rotatable bonds is 4. The van der Waals surface area contributed by atoms with E-state index in [0.717, 1.165) is 0 Å². The first-order chi connectivity index (χ1) is 6.65. The van der Waals surface area contributed by atoms with Gasteiger partial charge in [-0.05, 0) is 6.07 Å². The van der Waals surface area contributed by atoms with Crippen LogP contribution < -0.4 is 16.8 Å². The van der Waals surface area contributed by atoms with Crippen molar-refractivity contribution in [1.82, 2.24) is 4.98 Å². The zero-order valence-electron chi connectivity index (χ0n) is 7.46. The van der Waals surface area contributed by atoms with Crippen LogP contribution in [0.5, 0.6) is 0 Å².